The van der Waals surface area contributed by atoms with Crippen LogP contribution in [0.25, 0.3) is 0 Å². The molecule has 2 nitrogen and oxygen atoms in total. The van der Waals surface area contributed by atoms with Crippen molar-refractivity contribution in [2.75, 3.05) is 0 Å². The summed E-state index contributed by atoms with van der Waals surface area (Å²) in [5.74, 6) is -0.0665. The van der Waals surface area contributed by atoms with Crippen LogP contribution in [-0.2, 0) is 9.22 Å². The summed E-state index contributed by atoms with van der Waals surface area (Å²) < 4.78 is 6.17. The van der Waals surface area contributed by atoms with Crippen molar-refractivity contribution in [2.45, 2.75) is 123 Å². The van der Waals surface area contributed by atoms with Gasteiger partial charge in [0.05, 0.1) is 6.42 Å². The van der Waals surface area contributed by atoms with E-state index in [1.807, 2.05) is 6.92 Å². The first-order valence-electron chi connectivity index (χ1n) is 10.7. The summed E-state index contributed by atoms with van der Waals surface area (Å²) in [6.07, 6.45) is 17.0. The van der Waals surface area contributed by atoms with Crippen molar-refractivity contribution in [3.8, 4) is 0 Å². The molecule has 0 heterocycles. The van der Waals surface area contributed by atoms with E-state index >= 15 is 0 Å². The van der Waals surface area contributed by atoms with Crippen molar-refractivity contribution in [1.82, 2.24) is 0 Å². The number of carbonyl (C=O) groups excluding carboxylic acids is 1. The average Bonchev–Trinajstić information content (AvgIpc) is 2.59. The summed E-state index contributed by atoms with van der Waals surface area (Å²) in [5.41, 5.74) is 0. The zero-order valence-electron chi connectivity index (χ0n) is 17.0. The SMILES string of the molecule is C[CH]C(=O)O[Si](CCCCCC)(CCCCCC)CCCCCC. The van der Waals surface area contributed by atoms with Gasteiger partial charge in [-0.3, -0.25) is 4.79 Å². The van der Waals surface area contributed by atoms with Crippen LogP contribution in [0.3, 0.4) is 0 Å². The summed E-state index contributed by atoms with van der Waals surface area (Å²) in [7, 11) is -1.91. The molecule has 0 aromatic heterocycles. The molecular weight excluding hydrogens is 312 g/mol. The van der Waals surface area contributed by atoms with Crippen LogP contribution in [0.1, 0.15) is 105 Å². The van der Waals surface area contributed by atoms with E-state index in [0.717, 1.165) is 0 Å². The molecule has 0 spiro atoms. The molecule has 0 amide bonds. The summed E-state index contributed by atoms with van der Waals surface area (Å²) in [6.45, 7) is 8.58. The Kier molecular flexibility index (Phi) is 16.0. The molecule has 0 atom stereocenters. The van der Waals surface area contributed by atoms with Crippen LogP contribution in [0.15, 0.2) is 0 Å². The summed E-state index contributed by atoms with van der Waals surface area (Å²) >= 11 is 0. The van der Waals surface area contributed by atoms with E-state index in [9.17, 15) is 4.79 Å². The van der Waals surface area contributed by atoms with Gasteiger partial charge in [-0.1, -0.05) is 105 Å². The fraction of sp³-hybridized carbons (Fsp3) is 0.905. The van der Waals surface area contributed by atoms with Crippen molar-refractivity contribution in [1.29, 1.82) is 0 Å². The molecule has 0 saturated heterocycles. The average molecular weight is 356 g/mol. The third-order valence-electron chi connectivity index (χ3n) is 5.01. The van der Waals surface area contributed by atoms with Gasteiger partial charge in [0.2, 0.25) is 0 Å². The number of hydrogen-bond acceptors (Lipinski definition) is 2. The second kappa shape index (κ2) is 16.2. The fourth-order valence-corrected chi connectivity index (χ4v) is 7.71. The lowest BCUT2D eigenvalue weighted by molar-refractivity contribution is -0.131. The first-order chi connectivity index (χ1) is 11.6. The topological polar surface area (TPSA) is 26.3 Å². The Morgan fingerprint density at radius 1 is 0.708 bits per heavy atom. The molecule has 0 fully saturated rings. The normalized spacial score (nSPS) is 11.7. The van der Waals surface area contributed by atoms with E-state index in [2.05, 4.69) is 20.8 Å². The molecule has 0 aliphatic carbocycles. The molecule has 0 aromatic carbocycles. The Balaban J connectivity index is 4.74. The van der Waals surface area contributed by atoms with E-state index in [4.69, 9.17) is 4.43 Å². The maximum absolute atomic E-state index is 12.1. The molecule has 3 heteroatoms. The molecule has 1 radical (unpaired) electrons. The smallest absolute Gasteiger partial charge is 0.296 e. The van der Waals surface area contributed by atoms with Crippen molar-refractivity contribution in [2.24, 2.45) is 0 Å². The molecule has 0 saturated carbocycles. The van der Waals surface area contributed by atoms with Gasteiger partial charge in [-0.05, 0) is 18.1 Å². The van der Waals surface area contributed by atoms with Crippen molar-refractivity contribution < 1.29 is 9.22 Å². The number of rotatable bonds is 17. The van der Waals surface area contributed by atoms with Crippen LogP contribution in [0.4, 0.5) is 0 Å². The third kappa shape index (κ3) is 12.1. The number of hydrogen-bond donors (Lipinski definition) is 0. The van der Waals surface area contributed by atoms with Crippen molar-refractivity contribution >= 4 is 14.3 Å². The van der Waals surface area contributed by atoms with Gasteiger partial charge < -0.3 is 4.43 Å². The Labute approximate surface area is 153 Å². The zero-order chi connectivity index (χ0) is 18.1. The lowest BCUT2D eigenvalue weighted by Crippen LogP contribution is -2.40. The maximum atomic E-state index is 12.1. The Bertz CT molecular complexity index is 260. The third-order valence-corrected chi connectivity index (χ3v) is 9.44. The van der Waals surface area contributed by atoms with Gasteiger partial charge in [0.15, 0.2) is 0 Å². The molecule has 0 N–H and O–H groups in total. The first kappa shape index (κ1) is 23.7. The number of unbranched alkanes of at least 4 members (excludes halogenated alkanes) is 9. The standard InChI is InChI=1S/C21H43O2Si/c1-5-9-12-15-18-24(23-21(22)8-4,19-16-13-10-6-2)20-17-14-11-7-3/h8H,5-7,9-20H2,1-4H3. The largest absolute Gasteiger partial charge is 0.519 e. The zero-order valence-corrected chi connectivity index (χ0v) is 18.0. The molecule has 24 heavy (non-hydrogen) atoms. The highest BCUT2D eigenvalue weighted by molar-refractivity contribution is 6.75. The number of carbonyl (C=O) groups is 1. The molecule has 0 bridgehead atoms. The van der Waals surface area contributed by atoms with Crippen LogP contribution in [0.2, 0.25) is 18.1 Å². The maximum Gasteiger partial charge on any atom is 0.296 e. The van der Waals surface area contributed by atoms with Crippen LogP contribution < -0.4 is 0 Å². The van der Waals surface area contributed by atoms with Crippen LogP contribution in [-0.4, -0.2) is 14.3 Å². The van der Waals surface area contributed by atoms with Gasteiger partial charge in [-0.2, -0.15) is 0 Å². The molecular formula is C21H43O2Si. The van der Waals surface area contributed by atoms with Crippen molar-refractivity contribution in [3.63, 3.8) is 0 Å². The predicted molar refractivity (Wildman–Crippen MR) is 109 cm³/mol. The quantitative estimate of drug-likeness (QED) is 0.200. The second-order valence-electron chi connectivity index (χ2n) is 7.32. The van der Waals surface area contributed by atoms with Crippen LogP contribution >= 0.6 is 0 Å². The Hall–Kier alpha value is -0.313. The minimum atomic E-state index is -1.91. The Morgan fingerprint density at radius 2 is 1.08 bits per heavy atom. The van der Waals surface area contributed by atoms with Gasteiger partial charge >= 0.3 is 0 Å². The van der Waals surface area contributed by atoms with E-state index in [-0.39, 0.29) is 5.97 Å². The lowest BCUT2D eigenvalue weighted by atomic mass is 10.2. The van der Waals surface area contributed by atoms with E-state index < -0.39 is 8.32 Å². The van der Waals surface area contributed by atoms with Crippen LogP contribution in [0, 0.1) is 6.42 Å². The molecule has 0 aromatic rings. The summed E-state index contributed by atoms with van der Waals surface area (Å²) in [5, 5.41) is 0. The van der Waals surface area contributed by atoms with Gasteiger partial charge in [-0.25, -0.2) is 0 Å². The molecule has 0 rings (SSSR count). The van der Waals surface area contributed by atoms with E-state index in [1.54, 1.807) is 6.42 Å². The molecule has 0 unspecified atom stereocenters. The highest BCUT2D eigenvalue weighted by Gasteiger charge is 2.36. The van der Waals surface area contributed by atoms with E-state index in [0.29, 0.717) is 0 Å². The summed E-state index contributed by atoms with van der Waals surface area (Å²) in [6, 6.07) is 3.56. The Morgan fingerprint density at radius 3 is 1.38 bits per heavy atom. The minimum absolute atomic E-state index is 0.0665. The predicted octanol–water partition coefficient (Wildman–Crippen LogP) is 7.44. The van der Waals surface area contributed by atoms with Crippen molar-refractivity contribution in [3.05, 3.63) is 6.42 Å². The highest BCUT2D eigenvalue weighted by atomic mass is 28.4. The molecule has 0 aliphatic rings. The minimum Gasteiger partial charge on any atom is -0.519 e. The lowest BCUT2D eigenvalue weighted by Gasteiger charge is -2.31. The second-order valence-corrected chi connectivity index (χ2v) is 11.4. The van der Waals surface area contributed by atoms with Gasteiger partial charge in [0.25, 0.3) is 14.3 Å². The van der Waals surface area contributed by atoms with E-state index in [1.165, 1.54) is 95.2 Å². The monoisotopic (exact) mass is 355 g/mol. The first-order valence-corrected chi connectivity index (χ1v) is 13.2. The molecule has 0 aliphatic heterocycles. The highest BCUT2D eigenvalue weighted by Crippen LogP contribution is 2.31. The van der Waals surface area contributed by atoms with Gasteiger partial charge in [-0.15, -0.1) is 0 Å². The van der Waals surface area contributed by atoms with Crippen LogP contribution in [0.5, 0.6) is 0 Å². The fourth-order valence-electron chi connectivity index (χ4n) is 3.42. The van der Waals surface area contributed by atoms with Gasteiger partial charge in [0, 0.05) is 0 Å². The summed E-state index contributed by atoms with van der Waals surface area (Å²) in [4.78, 5) is 12.1. The molecule has 143 valence electrons. The van der Waals surface area contributed by atoms with Gasteiger partial charge in [0.1, 0.15) is 0 Å².